The van der Waals surface area contributed by atoms with Crippen LogP contribution >= 0.6 is 0 Å². The average Bonchev–Trinajstić information content (AvgIpc) is 2.62. The molecule has 0 atom stereocenters. The first kappa shape index (κ1) is 14.7. The summed E-state index contributed by atoms with van der Waals surface area (Å²) in [4.78, 5) is 22.8. The largest absolute Gasteiger partial charge is 0.353 e. The van der Waals surface area contributed by atoms with Crippen LogP contribution in [0.2, 0.25) is 0 Å². The highest BCUT2D eigenvalue weighted by molar-refractivity contribution is 5.47. The van der Waals surface area contributed by atoms with Crippen LogP contribution in [0.25, 0.3) is 0 Å². The van der Waals surface area contributed by atoms with E-state index < -0.39 is 4.92 Å². The first-order chi connectivity index (χ1) is 11.2. The lowest BCUT2D eigenvalue weighted by Crippen LogP contribution is -2.47. The lowest BCUT2D eigenvalue weighted by molar-refractivity contribution is -0.385. The molecule has 23 heavy (non-hydrogen) atoms. The number of aromatic nitrogens is 2. The van der Waals surface area contributed by atoms with Crippen LogP contribution < -0.4 is 9.80 Å². The maximum atomic E-state index is 10.7. The lowest BCUT2D eigenvalue weighted by atomic mass is 10.2. The van der Waals surface area contributed by atoms with Crippen molar-refractivity contribution in [2.45, 2.75) is 0 Å². The second-order valence-electron chi connectivity index (χ2n) is 5.10. The van der Waals surface area contributed by atoms with E-state index in [4.69, 9.17) is 5.26 Å². The molecule has 0 aliphatic carbocycles. The molecular weight excluding hydrogens is 296 g/mol. The van der Waals surface area contributed by atoms with Gasteiger partial charge < -0.3 is 9.80 Å². The zero-order valence-electron chi connectivity index (χ0n) is 12.3. The first-order valence-corrected chi connectivity index (χ1v) is 7.15. The predicted octanol–water partition coefficient (Wildman–Crippen LogP) is 1.58. The minimum Gasteiger partial charge on any atom is -0.353 e. The Morgan fingerprint density at radius 2 is 1.78 bits per heavy atom. The Morgan fingerprint density at radius 3 is 2.35 bits per heavy atom. The number of nitro groups is 1. The summed E-state index contributed by atoms with van der Waals surface area (Å²) in [7, 11) is 0. The highest BCUT2D eigenvalue weighted by Gasteiger charge is 2.19. The van der Waals surface area contributed by atoms with Gasteiger partial charge in [0.15, 0.2) is 0 Å². The summed E-state index contributed by atoms with van der Waals surface area (Å²) in [6.07, 6.45) is 1.28. The number of nitriles is 1. The minimum absolute atomic E-state index is 0.00935. The molecule has 3 rings (SSSR count). The lowest BCUT2D eigenvalue weighted by Gasteiger charge is -2.36. The van der Waals surface area contributed by atoms with Gasteiger partial charge in [0.05, 0.1) is 4.92 Å². The molecule has 1 fully saturated rings. The van der Waals surface area contributed by atoms with Gasteiger partial charge in [-0.05, 0) is 18.2 Å². The van der Waals surface area contributed by atoms with Crippen molar-refractivity contribution in [3.8, 4) is 6.07 Å². The van der Waals surface area contributed by atoms with Crippen molar-refractivity contribution < 1.29 is 4.92 Å². The number of pyridine rings is 2. The molecule has 3 heterocycles. The summed E-state index contributed by atoms with van der Waals surface area (Å²) in [5.74, 6) is 1.52. The second kappa shape index (κ2) is 6.27. The third-order valence-corrected chi connectivity index (χ3v) is 3.72. The zero-order valence-corrected chi connectivity index (χ0v) is 12.3. The molecule has 0 saturated carbocycles. The van der Waals surface area contributed by atoms with Crippen molar-refractivity contribution >= 4 is 17.3 Å². The first-order valence-electron chi connectivity index (χ1n) is 7.15. The number of rotatable bonds is 3. The molecule has 1 aliphatic heterocycles. The smallest absolute Gasteiger partial charge is 0.287 e. The Balaban J connectivity index is 1.66. The summed E-state index contributed by atoms with van der Waals surface area (Å²) in [6, 6.07) is 10.6. The number of hydrogen-bond donors (Lipinski definition) is 0. The summed E-state index contributed by atoms with van der Waals surface area (Å²) in [6.45, 7) is 2.98. The molecule has 2 aromatic heterocycles. The van der Waals surface area contributed by atoms with Crippen molar-refractivity contribution in [2.24, 2.45) is 0 Å². The highest BCUT2D eigenvalue weighted by atomic mass is 16.6. The minimum atomic E-state index is -0.456. The Hall–Kier alpha value is -3.21. The zero-order chi connectivity index (χ0) is 16.2. The molecule has 0 radical (unpaired) electrons. The fourth-order valence-electron chi connectivity index (χ4n) is 2.50. The van der Waals surface area contributed by atoms with E-state index in [1.54, 1.807) is 12.1 Å². The predicted molar refractivity (Wildman–Crippen MR) is 84.3 cm³/mol. The van der Waals surface area contributed by atoms with Crippen molar-refractivity contribution in [3.05, 3.63) is 52.3 Å². The molecule has 8 heteroatoms. The SMILES string of the molecule is N#Cc1cccc(N2CCN(c3ccc([N+](=O)[O-])cn3)CC2)n1. The van der Waals surface area contributed by atoms with Gasteiger partial charge in [-0.25, -0.2) is 9.97 Å². The normalized spacial score (nSPS) is 14.4. The number of nitrogens with zero attached hydrogens (tertiary/aromatic N) is 6. The highest BCUT2D eigenvalue weighted by Crippen LogP contribution is 2.19. The van der Waals surface area contributed by atoms with E-state index in [-0.39, 0.29) is 5.69 Å². The summed E-state index contributed by atoms with van der Waals surface area (Å²) >= 11 is 0. The summed E-state index contributed by atoms with van der Waals surface area (Å²) in [5, 5.41) is 19.6. The van der Waals surface area contributed by atoms with E-state index in [0.29, 0.717) is 5.69 Å². The van der Waals surface area contributed by atoms with Crippen LogP contribution in [0.15, 0.2) is 36.5 Å². The molecule has 8 nitrogen and oxygen atoms in total. The Morgan fingerprint density at radius 1 is 1.09 bits per heavy atom. The quantitative estimate of drug-likeness (QED) is 0.627. The molecule has 1 saturated heterocycles. The molecule has 1 aliphatic rings. The van der Waals surface area contributed by atoms with Crippen LogP contribution in [0, 0.1) is 21.4 Å². The van der Waals surface area contributed by atoms with Crippen LogP contribution in [0.4, 0.5) is 17.3 Å². The van der Waals surface area contributed by atoms with E-state index >= 15 is 0 Å². The van der Waals surface area contributed by atoms with Crippen molar-refractivity contribution in [1.82, 2.24) is 9.97 Å². The summed E-state index contributed by atoms with van der Waals surface area (Å²) < 4.78 is 0. The van der Waals surface area contributed by atoms with Gasteiger partial charge in [0, 0.05) is 32.2 Å². The van der Waals surface area contributed by atoms with Crippen LogP contribution in [0.5, 0.6) is 0 Å². The van der Waals surface area contributed by atoms with Gasteiger partial charge in [-0.1, -0.05) is 6.07 Å². The molecule has 116 valence electrons. The number of hydrogen-bond acceptors (Lipinski definition) is 7. The standard InChI is InChI=1S/C15H14N6O2/c16-10-12-2-1-3-15(18-12)20-8-6-19(7-9-20)14-5-4-13(11-17-14)21(22)23/h1-5,11H,6-9H2. The van der Waals surface area contributed by atoms with E-state index in [1.165, 1.54) is 12.3 Å². The molecule has 0 aromatic carbocycles. The molecular formula is C15H14N6O2. The van der Waals surface area contributed by atoms with Crippen LogP contribution in [0.3, 0.4) is 0 Å². The van der Waals surface area contributed by atoms with Gasteiger partial charge in [0.1, 0.15) is 29.6 Å². The maximum Gasteiger partial charge on any atom is 0.287 e. The number of anilines is 2. The number of piperazine rings is 1. The van der Waals surface area contributed by atoms with Gasteiger partial charge in [-0.3, -0.25) is 10.1 Å². The van der Waals surface area contributed by atoms with Crippen LogP contribution in [-0.2, 0) is 0 Å². The molecule has 0 N–H and O–H groups in total. The topological polar surface area (TPSA) is 99.2 Å². The Kier molecular flexibility index (Phi) is 4.01. The fraction of sp³-hybridized carbons (Fsp3) is 0.267. The van der Waals surface area contributed by atoms with Crippen molar-refractivity contribution in [2.75, 3.05) is 36.0 Å². The van der Waals surface area contributed by atoms with Crippen LogP contribution in [0.1, 0.15) is 5.69 Å². The van der Waals surface area contributed by atoms with Gasteiger partial charge in [-0.15, -0.1) is 0 Å². The van der Waals surface area contributed by atoms with E-state index in [1.807, 2.05) is 18.2 Å². The van der Waals surface area contributed by atoms with E-state index in [2.05, 4.69) is 19.8 Å². The Bertz CT molecular complexity index is 747. The molecule has 2 aromatic rings. The monoisotopic (exact) mass is 310 g/mol. The fourth-order valence-corrected chi connectivity index (χ4v) is 2.50. The molecule has 0 unspecified atom stereocenters. The van der Waals surface area contributed by atoms with Crippen LogP contribution in [-0.4, -0.2) is 41.1 Å². The van der Waals surface area contributed by atoms with Crippen molar-refractivity contribution in [1.29, 1.82) is 5.26 Å². The molecule has 0 spiro atoms. The summed E-state index contributed by atoms with van der Waals surface area (Å²) in [5.41, 5.74) is 0.395. The van der Waals surface area contributed by atoms with Gasteiger partial charge in [-0.2, -0.15) is 5.26 Å². The molecule has 0 amide bonds. The third-order valence-electron chi connectivity index (χ3n) is 3.72. The third kappa shape index (κ3) is 3.18. The maximum absolute atomic E-state index is 10.7. The van der Waals surface area contributed by atoms with Gasteiger partial charge in [0.25, 0.3) is 5.69 Å². The second-order valence-corrected chi connectivity index (χ2v) is 5.10. The van der Waals surface area contributed by atoms with E-state index in [0.717, 1.165) is 37.8 Å². The van der Waals surface area contributed by atoms with Crippen molar-refractivity contribution in [3.63, 3.8) is 0 Å². The van der Waals surface area contributed by atoms with E-state index in [9.17, 15) is 10.1 Å². The molecule has 0 bridgehead atoms. The van der Waals surface area contributed by atoms with Gasteiger partial charge in [0.2, 0.25) is 0 Å². The average molecular weight is 310 g/mol. The van der Waals surface area contributed by atoms with Gasteiger partial charge >= 0.3 is 0 Å². The Labute approximate surface area is 132 Å².